The third kappa shape index (κ3) is 3.16. The molecule has 1 atom stereocenters. The number of unbranched alkanes of at least 4 members (excludes halogenated alkanes) is 1. The Morgan fingerprint density at radius 1 is 1.08 bits per heavy atom. The van der Waals surface area contributed by atoms with Gasteiger partial charge in [-0.3, -0.25) is 4.90 Å². The Bertz CT molecular complexity index is 775. The Hall–Kier alpha value is -1.80. The van der Waals surface area contributed by atoms with Gasteiger partial charge in [0.25, 0.3) is 0 Å². The molecule has 0 bridgehead atoms. The van der Waals surface area contributed by atoms with E-state index >= 15 is 0 Å². The summed E-state index contributed by atoms with van der Waals surface area (Å²) >= 11 is 0. The predicted molar refractivity (Wildman–Crippen MR) is 115 cm³/mol. The number of hydrogen-bond donors (Lipinski definition) is 0. The number of benzene rings is 1. The van der Waals surface area contributed by atoms with Gasteiger partial charge in [-0.15, -0.1) is 0 Å². The number of fused-ring (bicyclic) bond motifs is 2. The highest BCUT2D eigenvalue weighted by molar-refractivity contribution is 5.84. The van der Waals surface area contributed by atoms with E-state index in [9.17, 15) is 0 Å². The minimum Gasteiger partial charge on any atom is -0.378 e. The van der Waals surface area contributed by atoms with E-state index in [2.05, 4.69) is 95.2 Å². The lowest BCUT2D eigenvalue weighted by Gasteiger charge is -2.41. The molecule has 1 aromatic carbocycles. The summed E-state index contributed by atoms with van der Waals surface area (Å²) in [6, 6.07) is 7.40. The zero-order valence-corrected chi connectivity index (χ0v) is 17.6. The van der Waals surface area contributed by atoms with Crippen molar-refractivity contribution in [3.63, 3.8) is 0 Å². The Kier molecular flexibility index (Phi) is 5.16. The standard InChI is InChI=1S/C24H34N2/c1-8-9-10-19-20-13-11-17(25(4)5)15-22(20)24(2,3)23-16-18(26(6)7)12-14-21(19)23/h11-17H,8-10H2,1-7H3. The van der Waals surface area contributed by atoms with E-state index in [-0.39, 0.29) is 5.41 Å². The first kappa shape index (κ1) is 19.0. The minimum atomic E-state index is 0.0193. The molecular weight excluding hydrogens is 316 g/mol. The number of rotatable bonds is 5. The zero-order chi connectivity index (χ0) is 19.1. The van der Waals surface area contributed by atoms with E-state index in [1.165, 1.54) is 46.4 Å². The fourth-order valence-corrected chi connectivity index (χ4v) is 4.23. The maximum absolute atomic E-state index is 2.48. The van der Waals surface area contributed by atoms with E-state index in [0.717, 1.165) is 6.42 Å². The molecule has 140 valence electrons. The van der Waals surface area contributed by atoms with E-state index in [4.69, 9.17) is 0 Å². The molecule has 0 saturated carbocycles. The van der Waals surface area contributed by atoms with Gasteiger partial charge in [0, 0.05) is 31.2 Å². The van der Waals surface area contributed by atoms with Gasteiger partial charge in [0.1, 0.15) is 0 Å². The number of hydrogen-bond acceptors (Lipinski definition) is 2. The third-order valence-corrected chi connectivity index (χ3v) is 5.98. The average molecular weight is 351 g/mol. The normalized spacial score (nSPS) is 20.8. The van der Waals surface area contributed by atoms with Crippen molar-refractivity contribution in [1.29, 1.82) is 0 Å². The Balaban J connectivity index is 2.23. The summed E-state index contributed by atoms with van der Waals surface area (Å²) < 4.78 is 0. The number of allylic oxidation sites excluding steroid dienone is 4. The molecule has 0 aliphatic heterocycles. The molecule has 2 aliphatic carbocycles. The first-order valence-electron chi connectivity index (χ1n) is 9.90. The number of anilines is 1. The molecule has 0 spiro atoms. The lowest BCUT2D eigenvalue weighted by Crippen LogP contribution is -2.33. The van der Waals surface area contributed by atoms with Crippen molar-refractivity contribution in [2.24, 2.45) is 0 Å². The van der Waals surface area contributed by atoms with Crippen LogP contribution < -0.4 is 4.90 Å². The first-order valence-corrected chi connectivity index (χ1v) is 9.90. The van der Waals surface area contributed by atoms with Crippen molar-refractivity contribution < 1.29 is 0 Å². The summed E-state index contributed by atoms with van der Waals surface area (Å²) in [6.07, 6.45) is 10.8. The Morgan fingerprint density at radius 3 is 2.42 bits per heavy atom. The van der Waals surface area contributed by atoms with Crippen molar-refractivity contribution in [1.82, 2.24) is 4.90 Å². The average Bonchev–Trinajstić information content (AvgIpc) is 2.61. The van der Waals surface area contributed by atoms with Crippen LogP contribution in [0.2, 0.25) is 0 Å². The van der Waals surface area contributed by atoms with Crippen molar-refractivity contribution in [2.75, 3.05) is 33.1 Å². The van der Waals surface area contributed by atoms with E-state index < -0.39 is 0 Å². The molecule has 0 aromatic heterocycles. The van der Waals surface area contributed by atoms with Crippen molar-refractivity contribution >= 4 is 11.3 Å². The van der Waals surface area contributed by atoms with Crippen LogP contribution in [0.15, 0.2) is 47.6 Å². The van der Waals surface area contributed by atoms with Gasteiger partial charge < -0.3 is 4.90 Å². The number of likely N-dealkylation sites (N-methyl/N-ethyl adjacent to an activating group) is 1. The highest BCUT2D eigenvalue weighted by atomic mass is 15.1. The fourth-order valence-electron chi connectivity index (χ4n) is 4.23. The summed E-state index contributed by atoms with van der Waals surface area (Å²) in [7, 11) is 8.57. The van der Waals surface area contributed by atoms with Gasteiger partial charge in [0.05, 0.1) is 0 Å². The highest BCUT2D eigenvalue weighted by Crippen LogP contribution is 2.50. The second-order valence-corrected chi connectivity index (χ2v) is 8.64. The molecule has 2 nitrogen and oxygen atoms in total. The van der Waals surface area contributed by atoms with Crippen molar-refractivity contribution in [2.45, 2.75) is 51.5 Å². The van der Waals surface area contributed by atoms with Crippen LogP contribution in [0.5, 0.6) is 0 Å². The summed E-state index contributed by atoms with van der Waals surface area (Å²) in [5.74, 6) is 0. The van der Waals surface area contributed by atoms with Crippen LogP contribution >= 0.6 is 0 Å². The molecule has 0 N–H and O–H groups in total. The summed E-state index contributed by atoms with van der Waals surface area (Å²) in [4.78, 5) is 4.49. The fraction of sp³-hybridized carbons (Fsp3) is 0.500. The van der Waals surface area contributed by atoms with Gasteiger partial charge in [0.2, 0.25) is 0 Å². The summed E-state index contributed by atoms with van der Waals surface area (Å²) in [6.45, 7) is 7.06. The van der Waals surface area contributed by atoms with Crippen LogP contribution in [0.3, 0.4) is 0 Å². The van der Waals surface area contributed by atoms with Crippen LogP contribution in [-0.4, -0.2) is 39.1 Å². The van der Waals surface area contributed by atoms with Crippen LogP contribution in [0, 0.1) is 0 Å². The SMILES string of the molecule is CCCCC1=C2C=CC(N(C)C)C=C2C(C)(C)c2cc(N(C)C)ccc21. The lowest BCUT2D eigenvalue weighted by molar-refractivity contribution is 0.386. The van der Waals surface area contributed by atoms with Gasteiger partial charge in [-0.05, 0) is 66.9 Å². The Labute approximate surface area is 159 Å². The minimum absolute atomic E-state index is 0.0193. The van der Waals surface area contributed by atoms with E-state index in [0.29, 0.717) is 6.04 Å². The smallest absolute Gasteiger partial charge is 0.0465 e. The topological polar surface area (TPSA) is 6.48 Å². The first-order chi connectivity index (χ1) is 12.3. The maximum atomic E-state index is 2.48. The Morgan fingerprint density at radius 2 is 1.81 bits per heavy atom. The van der Waals surface area contributed by atoms with Crippen molar-refractivity contribution in [3.8, 4) is 0 Å². The van der Waals surface area contributed by atoms with Crippen LogP contribution in [-0.2, 0) is 5.41 Å². The molecule has 0 heterocycles. The molecule has 1 aromatic rings. The van der Waals surface area contributed by atoms with Crippen LogP contribution in [0.25, 0.3) is 5.57 Å². The molecular formula is C24H34N2. The van der Waals surface area contributed by atoms with E-state index in [1.54, 1.807) is 0 Å². The second kappa shape index (κ2) is 7.08. The van der Waals surface area contributed by atoms with Gasteiger partial charge in [-0.2, -0.15) is 0 Å². The molecule has 1 unspecified atom stereocenters. The third-order valence-electron chi connectivity index (χ3n) is 5.98. The molecule has 0 amide bonds. The van der Waals surface area contributed by atoms with Crippen molar-refractivity contribution in [3.05, 3.63) is 58.7 Å². The molecule has 0 radical (unpaired) electrons. The van der Waals surface area contributed by atoms with Crippen LogP contribution in [0.1, 0.15) is 51.2 Å². The summed E-state index contributed by atoms with van der Waals surface area (Å²) in [5.41, 5.74) is 8.72. The van der Waals surface area contributed by atoms with Gasteiger partial charge in [0.15, 0.2) is 0 Å². The predicted octanol–water partition coefficient (Wildman–Crippen LogP) is 5.41. The molecule has 26 heavy (non-hydrogen) atoms. The molecule has 2 heteroatoms. The maximum Gasteiger partial charge on any atom is 0.0465 e. The lowest BCUT2D eigenvalue weighted by atomic mass is 9.64. The summed E-state index contributed by atoms with van der Waals surface area (Å²) in [5, 5.41) is 0. The molecule has 0 saturated heterocycles. The quantitative estimate of drug-likeness (QED) is 0.700. The van der Waals surface area contributed by atoms with Gasteiger partial charge >= 0.3 is 0 Å². The van der Waals surface area contributed by atoms with Crippen LogP contribution in [0.4, 0.5) is 5.69 Å². The number of nitrogens with zero attached hydrogens (tertiary/aromatic N) is 2. The van der Waals surface area contributed by atoms with E-state index in [1.807, 2.05) is 0 Å². The molecule has 2 aliphatic rings. The van der Waals surface area contributed by atoms with Gasteiger partial charge in [-0.25, -0.2) is 0 Å². The highest BCUT2D eigenvalue weighted by Gasteiger charge is 2.37. The molecule has 3 rings (SSSR count). The second-order valence-electron chi connectivity index (χ2n) is 8.64. The van der Waals surface area contributed by atoms with Gasteiger partial charge in [-0.1, -0.05) is 51.5 Å². The largest absolute Gasteiger partial charge is 0.378 e. The molecule has 0 fully saturated rings. The monoisotopic (exact) mass is 350 g/mol. The zero-order valence-electron chi connectivity index (χ0n) is 17.6.